The van der Waals surface area contributed by atoms with Crippen molar-refractivity contribution in [3.05, 3.63) is 29.8 Å². The number of carboxylic acids is 1. The molecule has 1 aromatic rings. The molecule has 0 bridgehead atoms. The highest BCUT2D eigenvalue weighted by Gasteiger charge is 2.18. The number of rotatable bonds is 8. The molecule has 0 fully saturated rings. The molecule has 0 aromatic heterocycles. The van der Waals surface area contributed by atoms with Gasteiger partial charge in [-0.3, -0.25) is 4.79 Å². The Morgan fingerprint density at radius 2 is 1.90 bits per heavy atom. The molecule has 1 atom stereocenters. The van der Waals surface area contributed by atoms with Crippen molar-refractivity contribution in [3.63, 3.8) is 0 Å². The third-order valence-corrected chi connectivity index (χ3v) is 4.36. The maximum absolute atomic E-state index is 12.0. The first-order valence-electron chi connectivity index (χ1n) is 6.30. The summed E-state index contributed by atoms with van der Waals surface area (Å²) in [4.78, 5) is 10.7. The van der Waals surface area contributed by atoms with Gasteiger partial charge >= 0.3 is 5.97 Å². The Morgan fingerprint density at radius 1 is 1.30 bits per heavy atom. The van der Waals surface area contributed by atoms with Gasteiger partial charge in [-0.05, 0) is 24.1 Å². The van der Waals surface area contributed by atoms with Crippen molar-refractivity contribution < 1.29 is 23.4 Å². The number of carboxylic acid groups (broad SMARTS) is 1. The fourth-order valence-electron chi connectivity index (χ4n) is 1.66. The quantitative estimate of drug-likeness (QED) is 0.652. The number of aliphatic carboxylic acids is 1. The van der Waals surface area contributed by atoms with Crippen molar-refractivity contribution in [2.75, 3.05) is 13.2 Å². The Morgan fingerprint density at radius 3 is 2.35 bits per heavy atom. The number of aliphatic hydroxyl groups is 1. The lowest BCUT2D eigenvalue weighted by atomic mass is 10.1. The molecule has 112 valence electrons. The number of aryl methyl sites for hydroxylation is 1. The van der Waals surface area contributed by atoms with E-state index in [4.69, 9.17) is 10.2 Å². The van der Waals surface area contributed by atoms with Gasteiger partial charge in [0.1, 0.15) is 0 Å². The summed E-state index contributed by atoms with van der Waals surface area (Å²) in [5.74, 6) is -1.72. The van der Waals surface area contributed by atoms with Crippen LogP contribution in [0.15, 0.2) is 29.2 Å². The van der Waals surface area contributed by atoms with Crippen LogP contribution in [0.2, 0.25) is 0 Å². The molecule has 0 saturated carbocycles. The molecule has 0 heterocycles. The van der Waals surface area contributed by atoms with Crippen LogP contribution in [0.25, 0.3) is 0 Å². The first-order chi connectivity index (χ1) is 9.39. The Kier molecular flexibility index (Phi) is 6.12. The summed E-state index contributed by atoms with van der Waals surface area (Å²) in [5.41, 5.74) is 1.03. The van der Waals surface area contributed by atoms with Crippen molar-refractivity contribution >= 4 is 16.0 Å². The number of sulfonamides is 1. The molecule has 1 rings (SSSR count). The lowest BCUT2D eigenvalue weighted by Crippen LogP contribution is -2.32. The second-order valence-electron chi connectivity index (χ2n) is 4.50. The van der Waals surface area contributed by atoms with E-state index in [0.717, 1.165) is 12.0 Å². The lowest BCUT2D eigenvalue weighted by molar-refractivity contribution is -0.138. The smallest absolute Gasteiger partial charge is 0.303 e. The number of hydrogen-bond acceptors (Lipinski definition) is 4. The fourth-order valence-corrected chi connectivity index (χ4v) is 2.78. The van der Waals surface area contributed by atoms with Gasteiger partial charge in [0.25, 0.3) is 0 Å². The van der Waals surface area contributed by atoms with Crippen LogP contribution >= 0.6 is 0 Å². The second-order valence-corrected chi connectivity index (χ2v) is 6.26. The molecule has 20 heavy (non-hydrogen) atoms. The van der Waals surface area contributed by atoms with Gasteiger partial charge in [-0.15, -0.1) is 0 Å². The topological polar surface area (TPSA) is 104 Å². The normalized spacial score (nSPS) is 13.1. The summed E-state index contributed by atoms with van der Waals surface area (Å²) in [6.45, 7) is 1.48. The molecule has 1 unspecified atom stereocenters. The second kappa shape index (κ2) is 7.37. The average molecular weight is 301 g/mol. The molecule has 0 amide bonds. The van der Waals surface area contributed by atoms with Crippen molar-refractivity contribution in [1.82, 2.24) is 4.72 Å². The van der Waals surface area contributed by atoms with E-state index in [1.165, 1.54) is 12.1 Å². The zero-order valence-electron chi connectivity index (χ0n) is 11.2. The molecule has 0 saturated heterocycles. The van der Waals surface area contributed by atoms with Crippen LogP contribution in [0.5, 0.6) is 0 Å². The molecule has 0 aliphatic carbocycles. The summed E-state index contributed by atoms with van der Waals surface area (Å²) in [5, 5.41) is 17.6. The van der Waals surface area contributed by atoms with Gasteiger partial charge in [-0.25, -0.2) is 13.1 Å². The first kappa shape index (κ1) is 16.6. The predicted octanol–water partition coefficient (Wildman–Crippen LogP) is 0.610. The number of nitrogens with one attached hydrogen (secondary N) is 1. The standard InChI is InChI=1S/C13H19NO5S/c1-2-10-3-5-12(6-4-10)20(18,19)14-8-11(9-15)7-13(16)17/h3-6,11,14-15H,2,7-9H2,1H3,(H,16,17). The molecule has 6 nitrogen and oxygen atoms in total. The average Bonchev–Trinajstić information content (AvgIpc) is 2.43. The molecule has 0 spiro atoms. The van der Waals surface area contributed by atoms with E-state index in [1.54, 1.807) is 12.1 Å². The van der Waals surface area contributed by atoms with E-state index >= 15 is 0 Å². The van der Waals surface area contributed by atoms with Crippen LogP contribution in [0.3, 0.4) is 0 Å². The zero-order chi connectivity index (χ0) is 15.2. The minimum Gasteiger partial charge on any atom is -0.481 e. The van der Waals surface area contributed by atoms with Crippen LogP contribution in [-0.2, 0) is 21.2 Å². The van der Waals surface area contributed by atoms with Gasteiger partial charge in [0.15, 0.2) is 0 Å². The number of carbonyl (C=O) groups is 1. The van der Waals surface area contributed by atoms with E-state index in [0.29, 0.717) is 0 Å². The van der Waals surface area contributed by atoms with Crippen LogP contribution in [0, 0.1) is 5.92 Å². The fraction of sp³-hybridized carbons (Fsp3) is 0.462. The Hall–Kier alpha value is -1.44. The van der Waals surface area contributed by atoms with Crippen LogP contribution in [-0.4, -0.2) is 37.8 Å². The van der Waals surface area contributed by atoms with E-state index in [9.17, 15) is 13.2 Å². The Balaban J connectivity index is 2.71. The van der Waals surface area contributed by atoms with E-state index in [2.05, 4.69) is 4.72 Å². The lowest BCUT2D eigenvalue weighted by Gasteiger charge is -2.13. The SMILES string of the molecule is CCc1ccc(S(=O)(=O)NCC(CO)CC(=O)O)cc1. The van der Waals surface area contributed by atoms with Gasteiger partial charge < -0.3 is 10.2 Å². The van der Waals surface area contributed by atoms with Crippen LogP contribution in [0.4, 0.5) is 0 Å². The maximum atomic E-state index is 12.0. The molecule has 0 aliphatic heterocycles. The van der Waals surface area contributed by atoms with E-state index < -0.39 is 21.9 Å². The number of aliphatic hydroxyl groups excluding tert-OH is 1. The van der Waals surface area contributed by atoms with E-state index in [-0.39, 0.29) is 24.5 Å². The number of benzene rings is 1. The van der Waals surface area contributed by atoms with Crippen molar-refractivity contribution in [2.45, 2.75) is 24.7 Å². The van der Waals surface area contributed by atoms with Crippen molar-refractivity contribution in [2.24, 2.45) is 5.92 Å². The molecule has 1 aromatic carbocycles. The Bertz CT molecular complexity index is 538. The first-order valence-corrected chi connectivity index (χ1v) is 7.78. The molecule has 7 heteroatoms. The van der Waals surface area contributed by atoms with Crippen molar-refractivity contribution in [1.29, 1.82) is 0 Å². The third kappa shape index (κ3) is 4.92. The predicted molar refractivity (Wildman–Crippen MR) is 73.8 cm³/mol. The van der Waals surface area contributed by atoms with E-state index in [1.807, 2.05) is 6.92 Å². The highest BCUT2D eigenvalue weighted by molar-refractivity contribution is 7.89. The van der Waals surface area contributed by atoms with Crippen LogP contribution in [0.1, 0.15) is 18.9 Å². The summed E-state index contributed by atoms with van der Waals surface area (Å²) >= 11 is 0. The molecule has 0 radical (unpaired) electrons. The molecular weight excluding hydrogens is 282 g/mol. The monoisotopic (exact) mass is 301 g/mol. The minimum absolute atomic E-state index is 0.110. The van der Waals surface area contributed by atoms with Gasteiger partial charge in [0.2, 0.25) is 10.0 Å². The highest BCUT2D eigenvalue weighted by atomic mass is 32.2. The molecule has 0 aliphatic rings. The molecular formula is C13H19NO5S. The summed E-state index contributed by atoms with van der Waals surface area (Å²) in [6, 6.07) is 6.48. The van der Waals surface area contributed by atoms with Gasteiger partial charge in [-0.1, -0.05) is 19.1 Å². The molecule has 3 N–H and O–H groups in total. The zero-order valence-corrected chi connectivity index (χ0v) is 12.1. The Labute approximate surface area is 118 Å². The summed E-state index contributed by atoms with van der Waals surface area (Å²) in [7, 11) is -3.68. The number of hydrogen-bond donors (Lipinski definition) is 3. The summed E-state index contributed by atoms with van der Waals surface area (Å²) in [6.07, 6.45) is 0.534. The highest BCUT2D eigenvalue weighted by Crippen LogP contribution is 2.11. The van der Waals surface area contributed by atoms with Gasteiger partial charge in [0, 0.05) is 19.1 Å². The largest absolute Gasteiger partial charge is 0.481 e. The summed E-state index contributed by atoms with van der Waals surface area (Å²) < 4.78 is 26.3. The van der Waals surface area contributed by atoms with Crippen molar-refractivity contribution in [3.8, 4) is 0 Å². The third-order valence-electron chi connectivity index (χ3n) is 2.93. The maximum Gasteiger partial charge on any atom is 0.303 e. The van der Waals surface area contributed by atoms with Crippen LogP contribution < -0.4 is 4.72 Å². The van der Waals surface area contributed by atoms with Gasteiger partial charge in [0.05, 0.1) is 11.3 Å². The minimum atomic E-state index is -3.68. The van der Waals surface area contributed by atoms with Gasteiger partial charge in [-0.2, -0.15) is 0 Å².